The predicted molar refractivity (Wildman–Crippen MR) is 83.7 cm³/mol. The number of benzene rings is 2. The molecule has 0 N–H and O–H groups in total. The summed E-state index contributed by atoms with van der Waals surface area (Å²) in [6.45, 7) is 3.96. The van der Waals surface area contributed by atoms with E-state index in [9.17, 15) is 4.79 Å². The molecule has 0 spiro atoms. The van der Waals surface area contributed by atoms with Crippen LogP contribution in [0.2, 0.25) is 0 Å². The molecule has 0 aliphatic rings. The molecule has 2 aromatic rings. The maximum atomic E-state index is 12.1. The Morgan fingerprint density at radius 2 is 1.70 bits per heavy atom. The molecule has 0 bridgehead atoms. The summed E-state index contributed by atoms with van der Waals surface area (Å²) in [6.07, 6.45) is 0.144. The van der Waals surface area contributed by atoms with E-state index >= 15 is 0 Å². The van der Waals surface area contributed by atoms with Gasteiger partial charge in [0, 0.05) is 10.5 Å². The molecule has 0 amide bonds. The van der Waals surface area contributed by atoms with Crippen LogP contribution in [0.15, 0.2) is 59.5 Å². The standard InChI is InChI=1S/C17H18O2S/c1-13(2)19-15-10-8-14(9-11-15)17(18)12-20-16-6-4-3-5-7-16/h3-11,13H,12H2,1-2H3. The average Bonchev–Trinajstić information content (AvgIpc) is 2.46. The van der Waals surface area contributed by atoms with Crippen molar-refractivity contribution < 1.29 is 9.53 Å². The fourth-order valence-electron chi connectivity index (χ4n) is 1.74. The number of ketones is 1. The number of hydrogen-bond donors (Lipinski definition) is 0. The number of hydrogen-bond acceptors (Lipinski definition) is 3. The van der Waals surface area contributed by atoms with Crippen molar-refractivity contribution in [2.24, 2.45) is 0 Å². The highest BCUT2D eigenvalue weighted by Crippen LogP contribution is 2.20. The summed E-state index contributed by atoms with van der Waals surface area (Å²) >= 11 is 1.56. The summed E-state index contributed by atoms with van der Waals surface area (Å²) in [5.41, 5.74) is 0.726. The molecule has 0 radical (unpaired) electrons. The van der Waals surface area contributed by atoms with Crippen LogP contribution in [0.5, 0.6) is 5.75 Å². The number of ether oxygens (including phenoxy) is 1. The Balaban J connectivity index is 1.92. The molecule has 0 aromatic heterocycles. The quantitative estimate of drug-likeness (QED) is 0.579. The molecule has 3 heteroatoms. The second kappa shape index (κ2) is 7.15. The molecule has 2 aromatic carbocycles. The fraction of sp³-hybridized carbons (Fsp3) is 0.235. The van der Waals surface area contributed by atoms with Gasteiger partial charge in [-0.2, -0.15) is 0 Å². The first-order valence-corrected chi connectivity index (χ1v) is 7.61. The molecule has 0 saturated heterocycles. The third-order valence-corrected chi connectivity index (χ3v) is 3.67. The Morgan fingerprint density at radius 1 is 1.05 bits per heavy atom. The van der Waals surface area contributed by atoms with Crippen LogP contribution in [0.25, 0.3) is 0 Å². The highest BCUT2D eigenvalue weighted by Gasteiger charge is 2.07. The van der Waals surface area contributed by atoms with E-state index in [0.29, 0.717) is 5.75 Å². The lowest BCUT2D eigenvalue weighted by atomic mass is 10.1. The van der Waals surface area contributed by atoms with Gasteiger partial charge in [-0.05, 0) is 50.2 Å². The molecule has 0 atom stereocenters. The minimum absolute atomic E-state index is 0.134. The zero-order valence-electron chi connectivity index (χ0n) is 11.7. The zero-order valence-corrected chi connectivity index (χ0v) is 12.5. The van der Waals surface area contributed by atoms with Crippen molar-refractivity contribution in [3.8, 4) is 5.75 Å². The van der Waals surface area contributed by atoms with Crippen LogP contribution in [0, 0.1) is 0 Å². The van der Waals surface area contributed by atoms with Crippen molar-refractivity contribution >= 4 is 17.5 Å². The summed E-state index contributed by atoms with van der Waals surface area (Å²) < 4.78 is 5.56. The molecule has 20 heavy (non-hydrogen) atoms. The van der Waals surface area contributed by atoms with E-state index in [1.165, 1.54) is 0 Å². The Bertz CT molecular complexity index is 547. The Hall–Kier alpha value is -1.74. The van der Waals surface area contributed by atoms with Crippen molar-refractivity contribution in [3.05, 3.63) is 60.2 Å². The van der Waals surface area contributed by atoms with Gasteiger partial charge in [-0.25, -0.2) is 0 Å². The van der Waals surface area contributed by atoms with E-state index in [1.807, 2.05) is 68.4 Å². The zero-order chi connectivity index (χ0) is 14.4. The first kappa shape index (κ1) is 14.7. The van der Waals surface area contributed by atoms with Gasteiger partial charge in [-0.1, -0.05) is 18.2 Å². The van der Waals surface area contributed by atoms with Gasteiger partial charge in [-0.3, -0.25) is 4.79 Å². The Morgan fingerprint density at radius 3 is 2.30 bits per heavy atom. The SMILES string of the molecule is CC(C)Oc1ccc(C(=O)CSc2ccccc2)cc1. The molecule has 0 saturated carbocycles. The molecule has 0 fully saturated rings. The third-order valence-electron chi connectivity index (χ3n) is 2.66. The van der Waals surface area contributed by atoms with Crippen LogP contribution >= 0.6 is 11.8 Å². The maximum Gasteiger partial charge on any atom is 0.173 e. The topological polar surface area (TPSA) is 26.3 Å². The van der Waals surface area contributed by atoms with Gasteiger partial charge in [0.05, 0.1) is 11.9 Å². The molecule has 0 aliphatic carbocycles. The lowest BCUT2D eigenvalue weighted by molar-refractivity contribution is 0.102. The molecular formula is C17H18O2S. The van der Waals surface area contributed by atoms with Crippen molar-refractivity contribution in [1.29, 1.82) is 0 Å². The molecular weight excluding hydrogens is 268 g/mol. The second-order valence-electron chi connectivity index (χ2n) is 4.72. The minimum Gasteiger partial charge on any atom is -0.491 e. The van der Waals surface area contributed by atoms with Crippen molar-refractivity contribution in [1.82, 2.24) is 0 Å². The number of carbonyl (C=O) groups excluding carboxylic acids is 1. The van der Waals surface area contributed by atoms with Gasteiger partial charge in [0.15, 0.2) is 5.78 Å². The van der Waals surface area contributed by atoms with Gasteiger partial charge < -0.3 is 4.74 Å². The monoisotopic (exact) mass is 286 g/mol. The minimum atomic E-state index is 0.134. The summed E-state index contributed by atoms with van der Waals surface area (Å²) in [4.78, 5) is 13.2. The number of thioether (sulfide) groups is 1. The highest BCUT2D eigenvalue weighted by molar-refractivity contribution is 8.00. The largest absolute Gasteiger partial charge is 0.491 e. The van der Waals surface area contributed by atoms with Crippen LogP contribution in [-0.2, 0) is 0 Å². The van der Waals surface area contributed by atoms with Crippen LogP contribution < -0.4 is 4.74 Å². The van der Waals surface area contributed by atoms with E-state index in [1.54, 1.807) is 11.8 Å². The molecule has 2 nitrogen and oxygen atoms in total. The van der Waals surface area contributed by atoms with Crippen LogP contribution in [-0.4, -0.2) is 17.6 Å². The van der Waals surface area contributed by atoms with E-state index in [4.69, 9.17) is 4.74 Å². The molecule has 0 unspecified atom stereocenters. The van der Waals surface area contributed by atoms with Gasteiger partial charge >= 0.3 is 0 Å². The van der Waals surface area contributed by atoms with E-state index in [2.05, 4.69) is 0 Å². The van der Waals surface area contributed by atoms with E-state index in [-0.39, 0.29) is 11.9 Å². The van der Waals surface area contributed by atoms with E-state index in [0.717, 1.165) is 16.2 Å². The average molecular weight is 286 g/mol. The van der Waals surface area contributed by atoms with Crippen LogP contribution in [0.4, 0.5) is 0 Å². The number of rotatable bonds is 6. The second-order valence-corrected chi connectivity index (χ2v) is 5.76. The van der Waals surface area contributed by atoms with Crippen molar-refractivity contribution in [2.45, 2.75) is 24.8 Å². The first-order chi connectivity index (χ1) is 9.65. The van der Waals surface area contributed by atoms with Crippen molar-refractivity contribution in [2.75, 3.05) is 5.75 Å². The first-order valence-electron chi connectivity index (χ1n) is 6.63. The van der Waals surface area contributed by atoms with Gasteiger partial charge in [0.25, 0.3) is 0 Å². The summed E-state index contributed by atoms with van der Waals surface area (Å²) in [7, 11) is 0. The Kier molecular flexibility index (Phi) is 5.24. The molecule has 2 rings (SSSR count). The smallest absolute Gasteiger partial charge is 0.173 e. The van der Waals surface area contributed by atoms with Crippen LogP contribution in [0.1, 0.15) is 24.2 Å². The highest BCUT2D eigenvalue weighted by atomic mass is 32.2. The Labute approximate surface area is 124 Å². The normalized spacial score (nSPS) is 10.6. The number of Topliss-reactive ketones (excluding diaryl/α,β-unsaturated/α-hetero) is 1. The van der Waals surface area contributed by atoms with Crippen molar-refractivity contribution in [3.63, 3.8) is 0 Å². The molecule has 104 valence electrons. The summed E-state index contributed by atoms with van der Waals surface area (Å²) in [6, 6.07) is 17.3. The summed E-state index contributed by atoms with van der Waals surface area (Å²) in [5.74, 6) is 1.39. The maximum absolute atomic E-state index is 12.1. The number of carbonyl (C=O) groups is 1. The van der Waals surface area contributed by atoms with E-state index < -0.39 is 0 Å². The van der Waals surface area contributed by atoms with Gasteiger partial charge in [0.2, 0.25) is 0 Å². The summed E-state index contributed by atoms with van der Waals surface area (Å²) in [5, 5.41) is 0. The van der Waals surface area contributed by atoms with Gasteiger partial charge in [-0.15, -0.1) is 11.8 Å². The fourth-order valence-corrected chi connectivity index (χ4v) is 2.55. The predicted octanol–water partition coefficient (Wildman–Crippen LogP) is 4.45. The molecule has 0 heterocycles. The molecule has 0 aliphatic heterocycles. The lowest BCUT2D eigenvalue weighted by Gasteiger charge is -2.09. The third kappa shape index (κ3) is 4.42. The van der Waals surface area contributed by atoms with Gasteiger partial charge in [0.1, 0.15) is 5.75 Å². The lowest BCUT2D eigenvalue weighted by Crippen LogP contribution is -2.06. The van der Waals surface area contributed by atoms with Crippen LogP contribution in [0.3, 0.4) is 0 Å².